The highest BCUT2D eigenvalue weighted by Crippen LogP contribution is 2.32. The summed E-state index contributed by atoms with van der Waals surface area (Å²) in [6.07, 6.45) is 4.41. The maximum Gasteiger partial charge on any atom is 0.194 e. The first kappa shape index (κ1) is 11.1. The van der Waals surface area contributed by atoms with Gasteiger partial charge in [-0.2, -0.15) is 4.37 Å². The topological polar surface area (TPSA) is 69.1 Å². The van der Waals surface area contributed by atoms with E-state index in [-0.39, 0.29) is 0 Å². The van der Waals surface area contributed by atoms with Crippen LogP contribution < -0.4 is 5.73 Å². The highest BCUT2D eigenvalue weighted by Gasteiger charge is 2.14. The summed E-state index contributed by atoms with van der Waals surface area (Å²) < 4.78 is 7.00. The summed E-state index contributed by atoms with van der Waals surface area (Å²) >= 11 is 4.56. The molecule has 5 nitrogen and oxygen atoms in total. The van der Waals surface area contributed by atoms with Crippen LogP contribution in [0.4, 0.5) is 0 Å². The Hall–Kier alpha value is -0.960. The monoisotopic (exact) mass is 283 g/mol. The zero-order valence-corrected chi connectivity index (χ0v) is 11.2. The number of aromatic nitrogens is 4. The molecule has 0 saturated carbocycles. The molecule has 0 spiro atoms. The van der Waals surface area contributed by atoms with Gasteiger partial charge in [-0.25, -0.2) is 9.97 Å². The number of hydrogen-bond donors (Lipinski definition) is 1. The van der Waals surface area contributed by atoms with Crippen LogP contribution in [0.3, 0.4) is 0 Å². The van der Waals surface area contributed by atoms with E-state index in [0.717, 1.165) is 26.4 Å². The summed E-state index contributed by atoms with van der Waals surface area (Å²) in [5, 5.41) is 3.01. The number of imidazole rings is 1. The number of nitrogens with zero attached hydrogens (tertiary/aromatic N) is 4. The molecule has 88 valence electrons. The van der Waals surface area contributed by atoms with Crippen molar-refractivity contribution in [2.75, 3.05) is 6.54 Å². The van der Waals surface area contributed by atoms with E-state index in [1.165, 1.54) is 11.5 Å². The Kier molecular flexibility index (Phi) is 3.10. The van der Waals surface area contributed by atoms with Crippen LogP contribution in [0.2, 0.25) is 0 Å². The number of fused-ring (bicyclic) bond motifs is 1. The highest BCUT2D eigenvalue weighted by molar-refractivity contribution is 8.00. The largest absolute Gasteiger partial charge is 0.330 e. The first-order valence-electron chi connectivity index (χ1n) is 4.97. The highest BCUT2D eigenvalue weighted by atomic mass is 32.2. The van der Waals surface area contributed by atoms with Gasteiger partial charge in [0.15, 0.2) is 9.30 Å². The van der Waals surface area contributed by atoms with Crippen LogP contribution in [0, 0.1) is 0 Å². The first-order valence-corrected chi connectivity index (χ1v) is 7.44. The zero-order chi connectivity index (χ0) is 11.7. The van der Waals surface area contributed by atoms with Crippen LogP contribution >= 0.6 is 34.6 Å². The molecule has 0 aliphatic carbocycles. The number of hydrogen-bond acceptors (Lipinski definition) is 7. The molecule has 0 aromatic carbocycles. The van der Waals surface area contributed by atoms with Crippen molar-refractivity contribution in [1.82, 2.24) is 18.7 Å². The second-order valence-electron chi connectivity index (χ2n) is 3.27. The molecule has 3 rings (SSSR count). The second-order valence-corrected chi connectivity index (χ2v) is 6.16. The molecule has 8 heteroatoms. The second kappa shape index (κ2) is 4.73. The molecule has 0 saturated heterocycles. The van der Waals surface area contributed by atoms with Crippen LogP contribution in [0.25, 0.3) is 4.96 Å². The minimum atomic E-state index is 0.618. The lowest BCUT2D eigenvalue weighted by molar-refractivity contribution is 0.878. The van der Waals surface area contributed by atoms with Gasteiger partial charge in [-0.05, 0) is 29.8 Å². The van der Waals surface area contributed by atoms with Crippen LogP contribution in [0.5, 0.6) is 0 Å². The molecule has 17 heavy (non-hydrogen) atoms. The van der Waals surface area contributed by atoms with Crippen molar-refractivity contribution >= 4 is 39.6 Å². The van der Waals surface area contributed by atoms with Crippen molar-refractivity contribution in [2.24, 2.45) is 5.73 Å². The SMILES string of the molecule is NCCc1c(Sc2ncns2)nc2sccn12. The van der Waals surface area contributed by atoms with Gasteiger partial charge in [-0.3, -0.25) is 4.40 Å². The Morgan fingerprint density at radius 2 is 2.41 bits per heavy atom. The van der Waals surface area contributed by atoms with Crippen LogP contribution in [0.15, 0.2) is 27.3 Å². The van der Waals surface area contributed by atoms with E-state index in [1.54, 1.807) is 29.4 Å². The van der Waals surface area contributed by atoms with Crippen molar-refractivity contribution in [3.8, 4) is 0 Å². The molecule has 0 bridgehead atoms. The Labute approximate surface area is 110 Å². The third-order valence-electron chi connectivity index (χ3n) is 2.23. The fraction of sp³-hybridized carbons (Fsp3) is 0.222. The first-order chi connectivity index (χ1) is 8.38. The van der Waals surface area contributed by atoms with E-state index in [2.05, 4.69) is 18.7 Å². The van der Waals surface area contributed by atoms with E-state index in [1.807, 2.05) is 11.6 Å². The third kappa shape index (κ3) is 2.08. The fourth-order valence-electron chi connectivity index (χ4n) is 1.55. The van der Waals surface area contributed by atoms with Crippen LogP contribution in [-0.2, 0) is 6.42 Å². The average Bonchev–Trinajstić information content (AvgIpc) is 2.99. The molecule has 0 aliphatic heterocycles. The minimum absolute atomic E-state index is 0.618. The van der Waals surface area contributed by atoms with E-state index in [4.69, 9.17) is 5.73 Å². The van der Waals surface area contributed by atoms with Crippen molar-refractivity contribution in [3.05, 3.63) is 23.6 Å². The summed E-state index contributed by atoms with van der Waals surface area (Å²) in [7, 11) is 0. The Morgan fingerprint density at radius 1 is 1.47 bits per heavy atom. The fourth-order valence-corrected chi connectivity index (χ4v) is 3.85. The van der Waals surface area contributed by atoms with E-state index >= 15 is 0 Å². The molecule has 0 unspecified atom stereocenters. The summed E-state index contributed by atoms with van der Waals surface area (Å²) in [6, 6.07) is 0. The van der Waals surface area contributed by atoms with Gasteiger partial charge >= 0.3 is 0 Å². The van der Waals surface area contributed by atoms with E-state index in [9.17, 15) is 0 Å². The Bertz CT molecular complexity index is 612. The van der Waals surface area contributed by atoms with Crippen LogP contribution in [0.1, 0.15) is 5.69 Å². The van der Waals surface area contributed by atoms with Gasteiger partial charge in [0, 0.05) is 18.0 Å². The van der Waals surface area contributed by atoms with Gasteiger partial charge in [0.2, 0.25) is 0 Å². The number of thiazole rings is 1. The minimum Gasteiger partial charge on any atom is -0.330 e. The average molecular weight is 283 g/mol. The van der Waals surface area contributed by atoms with Crippen molar-refractivity contribution in [1.29, 1.82) is 0 Å². The quantitative estimate of drug-likeness (QED) is 0.792. The lowest BCUT2D eigenvalue weighted by Crippen LogP contribution is -2.05. The van der Waals surface area contributed by atoms with Crippen molar-refractivity contribution in [2.45, 2.75) is 15.8 Å². The molecular formula is C9H9N5S3. The van der Waals surface area contributed by atoms with E-state index in [0.29, 0.717) is 6.54 Å². The molecule has 3 aromatic rings. The molecule has 3 aromatic heterocycles. The molecule has 0 atom stereocenters. The smallest absolute Gasteiger partial charge is 0.194 e. The molecule has 2 N–H and O–H groups in total. The van der Waals surface area contributed by atoms with Gasteiger partial charge in [-0.15, -0.1) is 11.3 Å². The Morgan fingerprint density at radius 3 is 3.18 bits per heavy atom. The third-order valence-corrected chi connectivity index (χ3v) is 4.72. The summed E-state index contributed by atoms with van der Waals surface area (Å²) in [6.45, 7) is 0.618. The molecule has 0 fully saturated rings. The molecular weight excluding hydrogens is 274 g/mol. The van der Waals surface area contributed by atoms with Gasteiger partial charge in [0.05, 0.1) is 5.69 Å². The van der Waals surface area contributed by atoms with Gasteiger partial charge in [0.25, 0.3) is 0 Å². The molecule has 3 heterocycles. The molecule has 0 amide bonds. The van der Waals surface area contributed by atoms with Gasteiger partial charge in [0.1, 0.15) is 11.4 Å². The number of rotatable bonds is 4. The maximum atomic E-state index is 5.65. The Balaban J connectivity index is 2.02. The molecule has 0 aliphatic rings. The van der Waals surface area contributed by atoms with Crippen LogP contribution in [-0.4, -0.2) is 25.3 Å². The lowest BCUT2D eigenvalue weighted by Gasteiger charge is -1.99. The van der Waals surface area contributed by atoms with Crippen molar-refractivity contribution in [3.63, 3.8) is 0 Å². The predicted octanol–water partition coefficient (Wildman–Crippen LogP) is 1.90. The standard InChI is InChI=1S/C9H9N5S3/c10-2-1-6-7(16-9-11-5-12-17-9)13-8-14(6)3-4-15-8/h3-5H,1-2,10H2. The maximum absolute atomic E-state index is 5.65. The summed E-state index contributed by atoms with van der Waals surface area (Å²) in [5.41, 5.74) is 6.81. The normalized spacial score (nSPS) is 11.4. The number of nitrogens with two attached hydrogens (primary N) is 1. The van der Waals surface area contributed by atoms with Crippen molar-refractivity contribution < 1.29 is 0 Å². The predicted molar refractivity (Wildman–Crippen MR) is 69.9 cm³/mol. The lowest BCUT2D eigenvalue weighted by atomic mass is 10.3. The molecule has 0 radical (unpaired) electrons. The van der Waals surface area contributed by atoms with Gasteiger partial charge < -0.3 is 5.73 Å². The van der Waals surface area contributed by atoms with Gasteiger partial charge in [-0.1, -0.05) is 0 Å². The summed E-state index contributed by atoms with van der Waals surface area (Å²) in [4.78, 5) is 9.75. The zero-order valence-electron chi connectivity index (χ0n) is 8.74. The summed E-state index contributed by atoms with van der Waals surface area (Å²) in [5.74, 6) is 0. The van der Waals surface area contributed by atoms with E-state index < -0.39 is 0 Å².